The van der Waals surface area contributed by atoms with Crippen molar-refractivity contribution in [2.45, 2.75) is 51.7 Å². The number of nitrogens with two attached hydrogens (primary N) is 1. The third-order valence-corrected chi connectivity index (χ3v) is 4.54. The van der Waals surface area contributed by atoms with E-state index in [-0.39, 0.29) is 11.9 Å². The molecule has 5 nitrogen and oxygen atoms in total. The summed E-state index contributed by atoms with van der Waals surface area (Å²) in [6, 6.07) is 5.73. The summed E-state index contributed by atoms with van der Waals surface area (Å²) in [7, 11) is 1.66. The third kappa shape index (κ3) is 2.97. The average Bonchev–Trinajstić information content (AvgIpc) is 2.71. The van der Waals surface area contributed by atoms with Crippen molar-refractivity contribution in [3.05, 3.63) is 29.3 Å². The molecular formula is C20H25N3O2. The number of nitrogens with zero attached hydrogens (tertiary/aromatic N) is 2. The Labute approximate surface area is 149 Å². The van der Waals surface area contributed by atoms with E-state index in [1.807, 2.05) is 32.0 Å². The second-order valence-corrected chi connectivity index (χ2v) is 7.84. The number of hydrogen-bond acceptors (Lipinski definition) is 4. The number of hydrogen-bond donors (Lipinski definition) is 1. The van der Waals surface area contributed by atoms with Crippen molar-refractivity contribution < 1.29 is 9.53 Å². The molecule has 1 aromatic carbocycles. The Hall–Kier alpha value is -2.48. The number of carbonyl (C=O) groups is 1. The molecule has 2 N–H and O–H groups in total. The Morgan fingerprint density at radius 3 is 2.72 bits per heavy atom. The highest BCUT2D eigenvalue weighted by molar-refractivity contribution is 6.07. The zero-order valence-electron chi connectivity index (χ0n) is 15.5. The summed E-state index contributed by atoms with van der Waals surface area (Å²) >= 11 is 0. The van der Waals surface area contributed by atoms with Gasteiger partial charge in [0, 0.05) is 31.0 Å². The number of carbonyl (C=O) groups excluding carboxylic acids is 1. The molecule has 0 aromatic heterocycles. The number of fused-ring (bicyclic) bond motifs is 2. The van der Waals surface area contributed by atoms with Crippen LogP contribution in [-0.4, -0.2) is 29.4 Å². The Bertz CT molecular complexity index is 814. The van der Waals surface area contributed by atoms with E-state index >= 15 is 0 Å². The van der Waals surface area contributed by atoms with Gasteiger partial charge >= 0.3 is 0 Å². The van der Waals surface area contributed by atoms with Gasteiger partial charge in [-0.2, -0.15) is 0 Å². The van der Waals surface area contributed by atoms with Gasteiger partial charge in [0.05, 0.1) is 0 Å². The molecule has 0 aliphatic carbocycles. The number of rotatable bonds is 1. The van der Waals surface area contributed by atoms with Gasteiger partial charge in [-0.05, 0) is 38.0 Å². The molecule has 0 bridgehead atoms. The van der Waals surface area contributed by atoms with Crippen molar-refractivity contribution in [1.29, 1.82) is 0 Å². The smallest absolute Gasteiger partial charge is 0.261 e. The average molecular weight is 339 g/mol. The van der Waals surface area contributed by atoms with Gasteiger partial charge in [0.2, 0.25) is 0 Å². The topological polar surface area (TPSA) is 67.9 Å². The van der Waals surface area contributed by atoms with Crippen molar-refractivity contribution in [3.8, 4) is 17.6 Å². The maximum atomic E-state index is 13.0. The third-order valence-electron chi connectivity index (χ3n) is 4.54. The monoisotopic (exact) mass is 339 g/mol. The van der Waals surface area contributed by atoms with Crippen molar-refractivity contribution >= 4 is 11.9 Å². The first-order valence-electron chi connectivity index (χ1n) is 8.60. The largest absolute Gasteiger partial charge is 0.487 e. The van der Waals surface area contributed by atoms with Gasteiger partial charge in [-0.1, -0.05) is 25.7 Å². The van der Waals surface area contributed by atoms with Gasteiger partial charge < -0.3 is 10.5 Å². The molecule has 0 saturated carbocycles. The highest BCUT2D eigenvalue weighted by atomic mass is 16.5. The number of ether oxygens (including phenoxy) is 1. The summed E-state index contributed by atoms with van der Waals surface area (Å²) in [4.78, 5) is 19.0. The van der Waals surface area contributed by atoms with E-state index in [4.69, 9.17) is 10.5 Å². The predicted octanol–water partition coefficient (Wildman–Crippen LogP) is 2.63. The number of guanidine groups is 1. The fourth-order valence-corrected chi connectivity index (χ4v) is 3.41. The van der Waals surface area contributed by atoms with Gasteiger partial charge in [-0.25, -0.2) is 4.99 Å². The van der Waals surface area contributed by atoms with Crippen LogP contribution in [-0.2, 0) is 10.3 Å². The highest BCUT2D eigenvalue weighted by Crippen LogP contribution is 2.48. The summed E-state index contributed by atoms with van der Waals surface area (Å²) in [5.41, 5.74) is 6.03. The van der Waals surface area contributed by atoms with Crippen LogP contribution in [0, 0.1) is 17.8 Å². The SMILES string of the molecule is CC(C)CC#Cc1ccc2c(c1)C1(CC(C)(C)O2)N=C(N)N(C)C1=O. The molecule has 3 rings (SSSR count). The molecule has 5 heteroatoms. The molecule has 25 heavy (non-hydrogen) atoms. The lowest BCUT2D eigenvalue weighted by molar-refractivity contribution is -0.133. The lowest BCUT2D eigenvalue weighted by atomic mass is 9.77. The summed E-state index contributed by atoms with van der Waals surface area (Å²) in [6.45, 7) is 8.20. The van der Waals surface area contributed by atoms with Gasteiger partial charge in [-0.15, -0.1) is 0 Å². The van der Waals surface area contributed by atoms with Crippen LogP contribution in [0.15, 0.2) is 23.2 Å². The van der Waals surface area contributed by atoms with Gasteiger partial charge in [0.15, 0.2) is 11.5 Å². The molecular weight excluding hydrogens is 314 g/mol. The minimum atomic E-state index is -1.02. The number of aliphatic imine (C=N–C) groups is 1. The van der Waals surface area contributed by atoms with E-state index in [1.165, 1.54) is 4.90 Å². The van der Waals surface area contributed by atoms with Crippen LogP contribution in [0.2, 0.25) is 0 Å². The molecule has 132 valence electrons. The molecule has 0 saturated heterocycles. The molecule has 1 spiro atoms. The van der Waals surface area contributed by atoms with Gasteiger partial charge in [0.25, 0.3) is 5.91 Å². The first-order chi connectivity index (χ1) is 11.6. The van der Waals surface area contributed by atoms with E-state index in [1.54, 1.807) is 7.05 Å². The van der Waals surface area contributed by atoms with Crippen molar-refractivity contribution in [3.63, 3.8) is 0 Å². The zero-order valence-corrected chi connectivity index (χ0v) is 15.5. The van der Waals surface area contributed by atoms with Crippen LogP contribution in [0.3, 0.4) is 0 Å². The maximum Gasteiger partial charge on any atom is 0.261 e. The fraction of sp³-hybridized carbons (Fsp3) is 0.500. The van der Waals surface area contributed by atoms with Crippen LogP contribution in [0.25, 0.3) is 0 Å². The van der Waals surface area contributed by atoms with Crippen LogP contribution < -0.4 is 10.5 Å². The highest BCUT2D eigenvalue weighted by Gasteiger charge is 2.55. The Balaban J connectivity index is 2.11. The van der Waals surface area contributed by atoms with Crippen LogP contribution >= 0.6 is 0 Å². The molecule has 2 heterocycles. The zero-order chi connectivity index (χ0) is 18.4. The van der Waals surface area contributed by atoms with E-state index in [0.29, 0.717) is 18.1 Å². The minimum absolute atomic E-state index is 0.116. The number of benzene rings is 1. The minimum Gasteiger partial charge on any atom is -0.487 e. The van der Waals surface area contributed by atoms with Crippen molar-refractivity contribution in [1.82, 2.24) is 4.90 Å². The van der Waals surface area contributed by atoms with Crippen molar-refractivity contribution in [2.24, 2.45) is 16.6 Å². The summed E-state index contributed by atoms with van der Waals surface area (Å²) in [5.74, 6) is 7.69. The summed E-state index contributed by atoms with van der Waals surface area (Å²) in [6.07, 6.45) is 1.28. The molecule has 2 aliphatic heterocycles. The quantitative estimate of drug-likeness (QED) is 0.800. The Morgan fingerprint density at radius 2 is 2.12 bits per heavy atom. The Kier molecular flexibility index (Phi) is 4.03. The fourth-order valence-electron chi connectivity index (χ4n) is 3.41. The Morgan fingerprint density at radius 1 is 1.40 bits per heavy atom. The first-order valence-corrected chi connectivity index (χ1v) is 8.60. The van der Waals surface area contributed by atoms with Crippen LogP contribution in [0.5, 0.6) is 5.75 Å². The molecule has 1 amide bonds. The second-order valence-electron chi connectivity index (χ2n) is 7.84. The lowest BCUT2D eigenvalue weighted by Gasteiger charge is -2.41. The van der Waals surface area contributed by atoms with Crippen LogP contribution in [0.4, 0.5) is 0 Å². The molecule has 0 radical (unpaired) electrons. The van der Waals surface area contributed by atoms with E-state index in [9.17, 15) is 4.79 Å². The molecule has 2 aliphatic rings. The normalized spacial score (nSPS) is 23.8. The number of likely N-dealkylation sites (N-methyl/N-ethyl adjacent to an activating group) is 1. The lowest BCUT2D eigenvalue weighted by Crippen LogP contribution is -2.49. The standard InChI is InChI=1S/C20H25N3O2/c1-13(2)7-6-8-14-9-10-16-15(11-14)20(12-19(3,4)25-16)17(24)23(5)18(21)22-20/h9-11,13H,7,12H2,1-5H3,(H2,21,22). The van der Waals surface area contributed by atoms with Crippen molar-refractivity contribution in [2.75, 3.05) is 7.05 Å². The number of amides is 1. The molecule has 1 aromatic rings. The molecule has 1 atom stereocenters. The van der Waals surface area contributed by atoms with Gasteiger partial charge in [0.1, 0.15) is 11.4 Å². The van der Waals surface area contributed by atoms with Gasteiger partial charge in [-0.3, -0.25) is 9.69 Å². The predicted molar refractivity (Wildman–Crippen MR) is 98.2 cm³/mol. The summed E-state index contributed by atoms with van der Waals surface area (Å²) < 4.78 is 6.09. The summed E-state index contributed by atoms with van der Waals surface area (Å²) in [5, 5.41) is 0. The molecule has 1 unspecified atom stereocenters. The second kappa shape index (κ2) is 5.80. The van der Waals surface area contributed by atoms with E-state index < -0.39 is 11.1 Å². The van der Waals surface area contributed by atoms with Crippen LogP contribution in [0.1, 0.15) is 51.7 Å². The van der Waals surface area contributed by atoms with E-state index in [0.717, 1.165) is 17.5 Å². The van der Waals surface area contributed by atoms with E-state index in [2.05, 4.69) is 30.7 Å². The first kappa shape index (κ1) is 17.3. The maximum absolute atomic E-state index is 13.0. The molecule has 0 fully saturated rings.